The number of nitrogens with zero attached hydrogens (tertiary/aromatic N) is 6. The number of aliphatic hydroxyl groups is 1. The molecule has 1 aromatic carbocycles. The van der Waals surface area contributed by atoms with E-state index in [9.17, 15) is 10.4 Å². The van der Waals surface area contributed by atoms with Crippen molar-refractivity contribution in [2.24, 2.45) is 0 Å². The van der Waals surface area contributed by atoms with Gasteiger partial charge in [0.15, 0.2) is 0 Å². The van der Waals surface area contributed by atoms with Gasteiger partial charge in [0.2, 0.25) is 5.95 Å². The van der Waals surface area contributed by atoms with Gasteiger partial charge in [0, 0.05) is 30.5 Å². The monoisotopic (exact) mass is 443 g/mol. The zero-order valence-corrected chi connectivity index (χ0v) is 19.1. The standard InChI is InChI=1S/C25H29N7O/c1-31(2)12-3-4-20-6-7-21(16-28-20)29-25-27-11-9-23(30-25)18-5-8-24(19(14-18)15-26)32-13-10-22(33)17-32/h5-9,11,14,16,22,33H,3-4,10,12-13,17H2,1-2H3,(H,27,29,30)/t22-/m0/s1. The number of anilines is 3. The molecule has 0 amide bonds. The molecule has 0 saturated carbocycles. The number of aliphatic hydroxyl groups excluding tert-OH is 1. The van der Waals surface area contributed by atoms with Crippen molar-refractivity contribution in [1.82, 2.24) is 19.9 Å². The second kappa shape index (κ2) is 10.4. The summed E-state index contributed by atoms with van der Waals surface area (Å²) in [5, 5.41) is 22.7. The van der Waals surface area contributed by atoms with Crippen LogP contribution in [0, 0.1) is 11.3 Å². The van der Waals surface area contributed by atoms with E-state index in [-0.39, 0.29) is 6.10 Å². The summed E-state index contributed by atoms with van der Waals surface area (Å²) in [4.78, 5) is 17.7. The summed E-state index contributed by atoms with van der Waals surface area (Å²) < 4.78 is 0. The molecule has 0 aliphatic carbocycles. The summed E-state index contributed by atoms with van der Waals surface area (Å²) in [6, 6.07) is 13.9. The van der Waals surface area contributed by atoms with Crippen LogP contribution in [0.5, 0.6) is 0 Å². The first-order valence-electron chi connectivity index (χ1n) is 11.2. The van der Waals surface area contributed by atoms with Crippen LogP contribution in [0.4, 0.5) is 17.3 Å². The number of nitriles is 1. The fourth-order valence-corrected chi connectivity index (χ4v) is 3.95. The van der Waals surface area contributed by atoms with Crippen molar-refractivity contribution < 1.29 is 5.11 Å². The summed E-state index contributed by atoms with van der Waals surface area (Å²) in [5.41, 5.74) is 4.88. The van der Waals surface area contributed by atoms with Crippen LogP contribution in [0.1, 0.15) is 24.1 Å². The third-order valence-corrected chi connectivity index (χ3v) is 5.69. The Balaban J connectivity index is 1.46. The van der Waals surface area contributed by atoms with E-state index in [0.29, 0.717) is 18.1 Å². The predicted molar refractivity (Wildman–Crippen MR) is 129 cm³/mol. The van der Waals surface area contributed by atoms with Gasteiger partial charge in [-0.1, -0.05) is 6.07 Å². The van der Waals surface area contributed by atoms with Crippen LogP contribution in [0.2, 0.25) is 0 Å². The van der Waals surface area contributed by atoms with Gasteiger partial charge in [-0.25, -0.2) is 9.97 Å². The lowest BCUT2D eigenvalue weighted by molar-refractivity contribution is 0.198. The summed E-state index contributed by atoms with van der Waals surface area (Å²) >= 11 is 0. The van der Waals surface area contributed by atoms with Crippen LogP contribution in [0.3, 0.4) is 0 Å². The topological polar surface area (TPSA) is 101 Å². The molecule has 33 heavy (non-hydrogen) atoms. The number of aryl methyl sites for hydroxylation is 1. The highest BCUT2D eigenvalue weighted by Crippen LogP contribution is 2.29. The Bertz CT molecular complexity index is 1120. The second-order valence-corrected chi connectivity index (χ2v) is 8.57. The third-order valence-electron chi connectivity index (χ3n) is 5.69. The SMILES string of the molecule is CN(C)CCCc1ccc(Nc2nccc(-c3ccc(N4CC[C@H](O)C4)c(C#N)c3)n2)cn1. The average Bonchev–Trinajstić information content (AvgIpc) is 3.26. The van der Waals surface area contributed by atoms with E-state index in [1.807, 2.05) is 36.4 Å². The Labute approximate surface area is 194 Å². The van der Waals surface area contributed by atoms with Crippen LogP contribution >= 0.6 is 0 Å². The van der Waals surface area contributed by atoms with E-state index in [2.05, 4.69) is 50.2 Å². The summed E-state index contributed by atoms with van der Waals surface area (Å²) in [6.45, 7) is 2.34. The van der Waals surface area contributed by atoms with Gasteiger partial charge in [-0.05, 0) is 70.2 Å². The lowest BCUT2D eigenvalue weighted by Gasteiger charge is -2.19. The van der Waals surface area contributed by atoms with Gasteiger partial charge in [-0.15, -0.1) is 0 Å². The molecule has 3 aromatic rings. The van der Waals surface area contributed by atoms with Crippen LogP contribution in [-0.2, 0) is 6.42 Å². The molecule has 4 rings (SSSR count). The van der Waals surface area contributed by atoms with Crippen LogP contribution in [0.15, 0.2) is 48.8 Å². The normalized spacial score (nSPS) is 15.6. The molecule has 170 valence electrons. The number of aromatic nitrogens is 3. The minimum Gasteiger partial charge on any atom is -0.391 e. The predicted octanol–water partition coefficient (Wildman–Crippen LogP) is 3.22. The van der Waals surface area contributed by atoms with Crippen molar-refractivity contribution in [3.8, 4) is 17.3 Å². The number of pyridine rings is 1. The van der Waals surface area contributed by atoms with Crippen LogP contribution < -0.4 is 10.2 Å². The molecule has 0 radical (unpaired) electrons. The first kappa shape index (κ1) is 22.6. The molecule has 1 atom stereocenters. The number of benzene rings is 1. The quantitative estimate of drug-likeness (QED) is 0.547. The van der Waals surface area contributed by atoms with Crippen molar-refractivity contribution in [2.45, 2.75) is 25.4 Å². The Hall–Kier alpha value is -3.54. The first-order chi connectivity index (χ1) is 16.0. The van der Waals surface area contributed by atoms with E-state index in [1.165, 1.54) is 0 Å². The lowest BCUT2D eigenvalue weighted by Crippen LogP contribution is -2.22. The highest BCUT2D eigenvalue weighted by atomic mass is 16.3. The minimum absolute atomic E-state index is 0.340. The highest BCUT2D eigenvalue weighted by Gasteiger charge is 2.22. The molecule has 8 nitrogen and oxygen atoms in total. The van der Waals surface area contributed by atoms with Crippen molar-refractivity contribution in [3.05, 3.63) is 60.0 Å². The summed E-state index contributed by atoms with van der Waals surface area (Å²) in [5.74, 6) is 0.472. The fraction of sp³-hybridized carbons (Fsp3) is 0.360. The molecule has 2 N–H and O–H groups in total. The maximum atomic E-state index is 9.83. The molecule has 2 aromatic heterocycles. The van der Waals surface area contributed by atoms with Gasteiger partial charge >= 0.3 is 0 Å². The summed E-state index contributed by atoms with van der Waals surface area (Å²) in [6.07, 6.45) is 5.89. The number of nitrogens with one attached hydrogen (secondary N) is 1. The van der Waals surface area contributed by atoms with E-state index in [1.54, 1.807) is 12.4 Å². The van der Waals surface area contributed by atoms with E-state index < -0.39 is 0 Å². The molecule has 3 heterocycles. The van der Waals surface area contributed by atoms with Crippen LogP contribution in [0.25, 0.3) is 11.3 Å². The number of hydrogen-bond donors (Lipinski definition) is 2. The van der Waals surface area contributed by atoms with Crippen molar-refractivity contribution in [3.63, 3.8) is 0 Å². The Morgan fingerprint density at radius 3 is 2.79 bits per heavy atom. The third kappa shape index (κ3) is 5.83. The molecular formula is C25H29N7O. The Morgan fingerprint density at radius 1 is 1.21 bits per heavy atom. The number of hydrogen-bond acceptors (Lipinski definition) is 8. The Morgan fingerprint density at radius 2 is 2.09 bits per heavy atom. The largest absolute Gasteiger partial charge is 0.391 e. The van der Waals surface area contributed by atoms with Gasteiger partial charge in [0.1, 0.15) is 6.07 Å². The van der Waals surface area contributed by atoms with E-state index in [4.69, 9.17) is 0 Å². The van der Waals surface area contributed by atoms with Crippen molar-refractivity contribution >= 4 is 17.3 Å². The Kier molecular flexibility index (Phi) is 7.13. The molecule has 1 aliphatic rings. The molecule has 0 bridgehead atoms. The molecule has 0 spiro atoms. The smallest absolute Gasteiger partial charge is 0.227 e. The van der Waals surface area contributed by atoms with Gasteiger partial charge in [-0.2, -0.15) is 5.26 Å². The minimum atomic E-state index is -0.340. The zero-order chi connectivity index (χ0) is 23.2. The van der Waals surface area contributed by atoms with E-state index in [0.717, 1.165) is 60.7 Å². The molecule has 8 heteroatoms. The highest BCUT2D eigenvalue weighted by molar-refractivity contribution is 5.70. The van der Waals surface area contributed by atoms with Gasteiger partial charge in [0.25, 0.3) is 0 Å². The number of β-amino-alcohol motifs (C(OH)–C–C–N with tert-alkyl or cyclic N) is 1. The van der Waals surface area contributed by atoms with Gasteiger partial charge < -0.3 is 20.2 Å². The average molecular weight is 444 g/mol. The van der Waals surface area contributed by atoms with Gasteiger partial charge in [0.05, 0.1) is 34.9 Å². The molecule has 1 saturated heterocycles. The summed E-state index contributed by atoms with van der Waals surface area (Å²) in [7, 11) is 4.14. The van der Waals surface area contributed by atoms with Crippen LogP contribution in [-0.4, -0.2) is 64.8 Å². The zero-order valence-electron chi connectivity index (χ0n) is 19.1. The van der Waals surface area contributed by atoms with Crippen molar-refractivity contribution in [1.29, 1.82) is 5.26 Å². The lowest BCUT2D eigenvalue weighted by atomic mass is 10.1. The maximum absolute atomic E-state index is 9.83. The fourth-order valence-electron chi connectivity index (χ4n) is 3.95. The van der Waals surface area contributed by atoms with Gasteiger partial charge in [-0.3, -0.25) is 4.98 Å². The molecular weight excluding hydrogens is 414 g/mol. The molecule has 1 aliphatic heterocycles. The number of rotatable bonds is 8. The first-order valence-corrected chi connectivity index (χ1v) is 11.2. The van der Waals surface area contributed by atoms with E-state index >= 15 is 0 Å². The maximum Gasteiger partial charge on any atom is 0.227 e. The molecule has 1 fully saturated rings. The molecule has 0 unspecified atom stereocenters. The second-order valence-electron chi connectivity index (χ2n) is 8.57. The van der Waals surface area contributed by atoms with Crippen molar-refractivity contribution in [2.75, 3.05) is 43.9 Å².